The summed E-state index contributed by atoms with van der Waals surface area (Å²) in [6, 6.07) is 3.73. The van der Waals surface area contributed by atoms with Crippen LogP contribution in [0.2, 0.25) is 0 Å². The molecule has 42 heavy (non-hydrogen) atoms. The summed E-state index contributed by atoms with van der Waals surface area (Å²) in [6.45, 7) is 5.65. The van der Waals surface area contributed by atoms with Crippen LogP contribution in [0.3, 0.4) is 0 Å². The number of hydrogen-bond donors (Lipinski definition) is 1. The lowest BCUT2D eigenvalue weighted by atomic mass is 9.78. The van der Waals surface area contributed by atoms with Crippen molar-refractivity contribution in [2.24, 2.45) is 5.41 Å². The van der Waals surface area contributed by atoms with E-state index >= 15 is 0 Å². The number of likely N-dealkylation sites (N-methyl/N-ethyl adjacent to an activating group) is 1. The number of ether oxygens (including phenoxy) is 1. The van der Waals surface area contributed by atoms with Crippen molar-refractivity contribution in [3.8, 4) is 5.75 Å². The summed E-state index contributed by atoms with van der Waals surface area (Å²) in [5, 5.41) is 3.54. The summed E-state index contributed by atoms with van der Waals surface area (Å²) >= 11 is 2.97. The average molecular weight is 613 g/mol. The largest absolute Gasteiger partial charge is 0.496 e. The van der Waals surface area contributed by atoms with E-state index in [1.165, 1.54) is 48.8 Å². The zero-order chi connectivity index (χ0) is 29.6. The average Bonchev–Trinajstić information content (AvgIpc) is 3.31. The predicted molar refractivity (Wildman–Crippen MR) is 164 cm³/mol. The molecule has 3 heterocycles. The van der Waals surface area contributed by atoms with E-state index in [0.29, 0.717) is 48.0 Å². The number of amides is 4. The number of nitrogens with one attached hydrogen (secondary N) is 1. The number of benzene rings is 1. The first kappa shape index (κ1) is 29.3. The number of hydrogen-bond acceptors (Lipinski definition) is 8. The third kappa shape index (κ3) is 5.72. The molecule has 4 fully saturated rings. The van der Waals surface area contributed by atoms with Gasteiger partial charge < -0.3 is 24.3 Å². The highest BCUT2D eigenvalue weighted by atomic mass is 32.2. The number of likely N-dealkylation sites (tertiary alicyclic amines) is 1. The number of anilines is 1. The van der Waals surface area contributed by atoms with Crippen LogP contribution in [-0.2, 0) is 4.79 Å². The summed E-state index contributed by atoms with van der Waals surface area (Å²) in [7, 11) is 5.39. The molecule has 2 aliphatic heterocycles. The molecule has 2 aliphatic carbocycles. The quantitative estimate of drug-likeness (QED) is 0.495. The van der Waals surface area contributed by atoms with Gasteiger partial charge in [0.1, 0.15) is 5.75 Å². The Bertz CT molecular complexity index is 1380. The number of thiazole rings is 1. The molecule has 1 N–H and O–H groups in total. The van der Waals surface area contributed by atoms with Crippen LogP contribution in [0, 0.1) is 12.3 Å². The van der Waals surface area contributed by atoms with Crippen molar-refractivity contribution in [2.45, 2.75) is 60.1 Å². The first-order chi connectivity index (χ1) is 20.1. The molecule has 1 aromatic carbocycles. The molecule has 10 nitrogen and oxygen atoms in total. The van der Waals surface area contributed by atoms with Crippen LogP contribution >= 0.6 is 23.1 Å². The third-order valence-corrected chi connectivity index (χ3v) is 11.3. The number of carbonyl (C=O) groups excluding carboxylic acids is 3. The minimum absolute atomic E-state index is 0.0773. The summed E-state index contributed by atoms with van der Waals surface area (Å²) in [6.07, 6.45) is 8.62. The Hall–Kier alpha value is -2.83. The highest BCUT2D eigenvalue weighted by Crippen LogP contribution is 2.46. The number of methoxy groups -OCH3 is 1. The predicted octanol–water partition coefficient (Wildman–Crippen LogP) is 4.40. The van der Waals surface area contributed by atoms with E-state index in [0.717, 1.165) is 40.6 Å². The van der Waals surface area contributed by atoms with Crippen molar-refractivity contribution in [1.82, 2.24) is 24.6 Å². The monoisotopic (exact) mass is 612 g/mol. The Morgan fingerprint density at radius 3 is 2.48 bits per heavy atom. The van der Waals surface area contributed by atoms with E-state index in [-0.39, 0.29) is 23.4 Å². The molecule has 2 saturated heterocycles. The summed E-state index contributed by atoms with van der Waals surface area (Å²) in [4.78, 5) is 52.5. The normalized spacial score (nSPS) is 20.3. The van der Waals surface area contributed by atoms with E-state index in [4.69, 9.17) is 4.74 Å². The van der Waals surface area contributed by atoms with Crippen molar-refractivity contribution in [2.75, 3.05) is 65.8 Å². The van der Waals surface area contributed by atoms with Gasteiger partial charge in [0.15, 0.2) is 5.13 Å². The van der Waals surface area contributed by atoms with Crippen molar-refractivity contribution < 1.29 is 19.1 Å². The van der Waals surface area contributed by atoms with Gasteiger partial charge in [0, 0.05) is 43.0 Å². The first-order valence-electron chi connectivity index (χ1n) is 14.7. The molecule has 0 atom stereocenters. The summed E-state index contributed by atoms with van der Waals surface area (Å²) in [5.74, 6) is 0.593. The van der Waals surface area contributed by atoms with Gasteiger partial charge in [0.25, 0.3) is 5.91 Å². The molecule has 2 spiro atoms. The maximum Gasteiger partial charge on any atom is 0.323 e. The van der Waals surface area contributed by atoms with E-state index in [9.17, 15) is 14.4 Å². The molecular formula is C30H40N6O4S2. The van der Waals surface area contributed by atoms with Crippen molar-refractivity contribution in [3.63, 3.8) is 0 Å². The fourth-order valence-electron chi connectivity index (χ4n) is 6.74. The number of rotatable bonds is 7. The number of carbonyl (C=O) groups is 3. The molecule has 4 amide bonds. The van der Waals surface area contributed by atoms with Crippen LogP contribution in [-0.4, -0.2) is 108 Å². The first-order valence-corrected chi connectivity index (χ1v) is 16.4. The van der Waals surface area contributed by atoms with Crippen molar-refractivity contribution >= 4 is 46.1 Å². The zero-order valence-corrected chi connectivity index (χ0v) is 26.5. The van der Waals surface area contributed by atoms with Gasteiger partial charge in [0.05, 0.1) is 35.2 Å². The molecule has 0 unspecified atom stereocenters. The fraction of sp³-hybridized carbons (Fsp3) is 0.600. The van der Waals surface area contributed by atoms with E-state index < -0.39 is 0 Å². The Balaban J connectivity index is 1.12. The maximum absolute atomic E-state index is 13.8. The molecule has 4 aliphatic rings. The van der Waals surface area contributed by atoms with Crippen LogP contribution in [0.5, 0.6) is 5.75 Å². The van der Waals surface area contributed by atoms with Gasteiger partial charge in [-0.2, -0.15) is 0 Å². The summed E-state index contributed by atoms with van der Waals surface area (Å²) < 4.78 is 6.57. The Morgan fingerprint density at radius 1 is 1.07 bits per heavy atom. The van der Waals surface area contributed by atoms with Gasteiger partial charge in [-0.1, -0.05) is 35.9 Å². The van der Waals surface area contributed by atoms with E-state index in [2.05, 4.69) is 10.3 Å². The molecule has 226 valence electrons. The lowest BCUT2D eigenvalue weighted by molar-refractivity contribution is -0.137. The zero-order valence-electron chi connectivity index (χ0n) is 24.9. The van der Waals surface area contributed by atoms with Crippen LogP contribution in [0.15, 0.2) is 27.4 Å². The minimum Gasteiger partial charge on any atom is -0.496 e. The van der Waals surface area contributed by atoms with Gasteiger partial charge in [-0.05, 0) is 64.4 Å². The second kappa shape index (κ2) is 11.3. The van der Waals surface area contributed by atoms with Gasteiger partial charge in [-0.3, -0.25) is 14.9 Å². The highest BCUT2D eigenvalue weighted by molar-refractivity contribution is 8.01. The van der Waals surface area contributed by atoms with Crippen LogP contribution in [0.1, 0.15) is 54.4 Å². The molecule has 6 rings (SSSR count). The van der Waals surface area contributed by atoms with Gasteiger partial charge in [-0.15, -0.1) is 0 Å². The molecule has 12 heteroatoms. The second-order valence-corrected chi connectivity index (χ2v) is 15.0. The topological polar surface area (TPSA) is 98.3 Å². The Kier molecular flexibility index (Phi) is 7.90. The van der Waals surface area contributed by atoms with Crippen LogP contribution < -0.4 is 10.1 Å². The number of aryl methyl sites for hydroxylation is 1. The third-order valence-electron chi connectivity index (χ3n) is 9.16. The Labute approximate surface area is 255 Å². The maximum atomic E-state index is 13.8. The van der Waals surface area contributed by atoms with Gasteiger partial charge in [-0.25, -0.2) is 9.78 Å². The van der Waals surface area contributed by atoms with Crippen LogP contribution in [0.25, 0.3) is 0 Å². The smallest absolute Gasteiger partial charge is 0.323 e. The molecule has 0 radical (unpaired) electrons. The second-order valence-electron chi connectivity index (χ2n) is 12.6. The van der Waals surface area contributed by atoms with Gasteiger partial charge in [0.2, 0.25) is 5.91 Å². The van der Waals surface area contributed by atoms with E-state index in [1.54, 1.807) is 13.3 Å². The Morgan fingerprint density at radius 2 is 1.81 bits per heavy atom. The fourth-order valence-corrected chi connectivity index (χ4v) is 8.67. The molecule has 2 saturated carbocycles. The number of urea groups is 1. The lowest BCUT2D eigenvalue weighted by Crippen LogP contribution is -2.59. The standard InChI is InChI=1S/C30H40N6O4S2/c1-20-13-22(40-4)21(26(38)34-11-12-36(24(37)16-33(2)3)30(19-34)9-10-30)14-23(20)41-25-15-31-27(42-25)32-28(39)35-17-29(18-35)7-5-6-8-29/h13-15H,5-12,16-19H2,1-4H3,(H,31,32,39). The number of nitrogens with zero attached hydrogens (tertiary/aromatic N) is 5. The highest BCUT2D eigenvalue weighted by Gasteiger charge is 2.54. The molecule has 2 aromatic rings. The van der Waals surface area contributed by atoms with Crippen molar-refractivity contribution in [1.29, 1.82) is 0 Å². The lowest BCUT2D eigenvalue weighted by Gasteiger charge is -2.47. The van der Waals surface area contributed by atoms with Crippen LogP contribution in [0.4, 0.5) is 9.93 Å². The number of piperazine rings is 1. The van der Waals surface area contributed by atoms with E-state index in [1.807, 2.05) is 52.8 Å². The molecular weight excluding hydrogens is 573 g/mol. The minimum atomic E-state index is -0.242. The van der Waals surface area contributed by atoms with Crippen molar-refractivity contribution in [3.05, 3.63) is 29.5 Å². The summed E-state index contributed by atoms with van der Waals surface area (Å²) in [5.41, 5.74) is 1.63. The number of aromatic nitrogens is 1. The van der Waals surface area contributed by atoms with Gasteiger partial charge >= 0.3 is 6.03 Å². The molecule has 0 bridgehead atoms. The SMILES string of the molecule is COc1cc(C)c(Sc2cnc(NC(=O)N3CC4(CCCC4)C3)s2)cc1C(=O)N1CCN(C(=O)CN(C)C)C2(CC2)C1. The molecule has 1 aromatic heterocycles.